The third-order valence-corrected chi connectivity index (χ3v) is 2.98. The van der Waals surface area contributed by atoms with E-state index >= 15 is 0 Å². The molecule has 1 saturated heterocycles. The molecule has 3 heteroatoms. The molecule has 1 N–H and O–H groups in total. The van der Waals surface area contributed by atoms with Crippen molar-refractivity contribution in [1.82, 2.24) is 5.32 Å². The number of halogens is 1. The molecule has 1 aliphatic heterocycles. The zero-order valence-corrected chi connectivity index (χ0v) is 9.26. The predicted molar refractivity (Wildman–Crippen MR) is 61.0 cm³/mol. The Balaban J connectivity index is 2.29. The highest BCUT2D eigenvalue weighted by atomic mass is 19.1. The van der Waals surface area contributed by atoms with Gasteiger partial charge in [-0.3, -0.25) is 0 Å². The number of nitrogens with zero attached hydrogens (tertiary/aromatic N) is 1. The van der Waals surface area contributed by atoms with Crippen molar-refractivity contribution in [3.05, 3.63) is 29.6 Å². The molecule has 0 spiro atoms. The Kier molecular flexibility index (Phi) is 2.91. The summed E-state index contributed by atoms with van der Waals surface area (Å²) in [6.45, 7) is 2.08. The third kappa shape index (κ3) is 2.12. The van der Waals surface area contributed by atoms with E-state index < -0.39 is 0 Å². The Hall–Kier alpha value is -1.09. The Morgan fingerprint density at radius 1 is 1.40 bits per heavy atom. The van der Waals surface area contributed by atoms with Gasteiger partial charge in [-0.05, 0) is 36.6 Å². The molecule has 0 amide bonds. The van der Waals surface area contributed by atoms with Crippen LogP contribution in [0.25, 0.3) is 0 Å². The summed E-state index contributed by atoms with van der Waals surface area (Å²) in [5, 5.41) is 3.33. The molecule has 2 rings (SSSR count). The van der Waals surface area contributed by atoms with E-state index in [0.717, 1.165) is 19.5 Å². The highest BCUT2D eigenvalue weighted by Crippen LogP contribution is 2.27. The number of anilines is 1. The molecule has 2 nitrogen and oxygen atoms in total. The van der Waals surface area contributed by atoms with Crippen LogP contribution in [0.2, 0.25) is 0 Å². The smallest absolute Gasteiger partial charge is 0.146 e. The largest absolute Gasteiger partial charge is 0.375 e. The Morgan fingerprint density at radius 3 is 2.80 bits per heavy atom. The maximum atomic E-state index is 13.5. The molecular weight excluding hydrogens is 191 g/mol. The van der Waals surface area contributed by atoms with Gasteiger partial charge in [0.05, 0.1) is 5.69 Å². The van der Waals surface area contributed by atoms with Crippen LogP contribution in [-0.2, 0) is 0 Å². The summed E-state index contributed by atoms with van der Waals surface area (Å²) in [7, 11) is 3.74. The zero-order valence-electron chi connectivity index (χ0n) is 9.26. The van der Waals surface area contributed by atoms with Gasteiger partial charge in [0, 0.05) is 20.6 Å². The first-order chi connectivity index (χ1) is 7.18. The van der Waals surface area contributed by atoms with E-state index in [4.69, 9.17) is 0 Å². The second-order valence-corrected chi connectivity index (χ2v) is 4.29. The molecule has 1 heterocycles. The lowest BCUT2D eigenvalue weighted by Gasteiger charge is -2.17. The third-order valence-electron chi connectivity index (χ3n) is 2.98. The average Bonchev–Trinajstić information content (AvgIpc) is 2.71. The van der Waals surface area contributed by atoms with Crippen LogP contribution in [0.15, 0.2) is 18.2 Å². The van der Waals surface area contributed by atoms with Crippen molar-refractivity contribution >= 4 is 5.69 Å². The molecule has 1 aliphatic rings. The fraction of sp³-hybridized carbons (Fsp3) is 0.500. The maximum Gasteiger partial charge on any atom is 0.146 e. The highest BCUT2D eigenvalue weighted by molar-refractivity contribution is 5.49. The zero-order chi connectivity index (χ0) is 10.8. The first-order valence-corrected chi connectivity index (χ1v) is 5.36. The standard InChI is InChI=1S/C12H17FN2/c1-15(2)12-7-9(3-4-11(12)13)10-5-6-14-8-10/h3-4,7,10,14H,5-6,8H2,1-2H3. The van der Waals surface area contributed by atoms with Crippen molar-refractivity contribution in [2.75, 3.05) is 32.1 Å². The van der Waals surface area contributed by atoms with Crippen LogP contribution in [0.1, 0.15) is 17.9 Å². The summed E-state index contributed by atoms with van der Waals surface area (Å²) < 4.78 is 13.5. The van der Waals surface area contributed by atoms with Crippen LogP contribution in [0.5, 0.6) is 0 Å². The van der Waals surface area contributed by atoms with Gasteiger partial charge in [-0.25, -0.2) is 4.39 Å². The van der Waals surface area contributed by atoms with Crippen molar-refractivity contribution in [1.29, 1.82) is 0 Å². The molecule has 1 unspecified atom stereocenters. The molecule has 0 bridgehead atoms. The van der Waals surface area contributed by atoms with Gasteiger partial charge in [0.15, 0.2) is 0 Å². The molecule has 0 aromatic heterocycles. The van der Waals surface area contributed by atoms with Gasteiger partial charge in [-0.2, -0.15) is 0 Å². The summed E-state index contributed by atoms with van der Waals surface area (Å²) >= 11 is 0. The first kappa shape index (κ1) is 10.4. The molecular formula is C12H17FN2. The molecule has 1 fully saturated rings. The molecule has 1 aromatic rings. The van der Waals surface area contributed by atoms with Crippen LogP contribution < -0.4 is 10.2 Å². The van der Waals surface area contributed by atoms with Gasteiger partial charge in [0.1, 0.15) is 5.82 Å². The second-order valence-electron chi connectivity index (χ2n) is 4.29. The Labute approximate surface area is 90.1 Å². The minimum atomic E-state index is -0.144. The van der Waals surface area contributed by atoms with Crippen molar-refractivity contribution in [3.63, 3.8) is 0 Å². The monoisotopic (exact) mass is 208 g/mol. The van der Waals surface area contributed by atoms with Crippen LogP contribution >= 0.6 is 0 Å². The number of rotatable bonds is 2. The second kappa shape index (κ2) is 4.19. The highest BCUT2D eigenvalue weighted by Gasteiger charge is 2.18. The molecule has 15 heavy (non-hydrogen) atoms. The van der Waals surface area contributed by atoms with Crippen LogP contribution in [0.4, 0.5) is 10.1 Å². The number of nitrogens with one attached hydrogen (secondary N) is 1. The van der Waals surface area contributed by atoms with E-state index in [1.807, 2.05) is 31.1 Å². The molecule has 0 saturated carbocycles. The lowest BCUT2D eigenvalue weighted by molar-refractivity contribution is 0.623. The maximum absolute atomic E-state index is 13.5. The quantitative estimate of drug-likeness (QED) is 0.799. The molecule has 0 aliphatic carbocycles. The molecule has 82 valence electrons. The number of hydrogen-bond acceptors (Lipinski definition) is 2. The van der Waals surface area contributed by atoms with Crippen molar-refractivity contribution in [3.8, 4) is 0 Å². The SMILES string of the molecule is CN(C)c1cc(C2CCNC2)ccc1F. The van der Waals surface area contributed by atoms with Crippen LogP contribution in [0, 0.1) is 5.82 Å². The van der Waals surface area contributed by atoms with Crippen LogP contribution in [-0.4, -0.2) is 27.2 Å². The van der Waals surface area contributed by atoms with Crippen LogP contribution in [0.3, 0.4) is 0 Å². The first-order valence-electron chi connectivity index (χ1n) is 5.36. The van der Waals surface area contributed by atoms with E-state index in [2.05, 4.69) is 5.32 Å². The van der Waals surface area contributed by atoms with Gasteiger partial charge in [0.25, 0.3) is 0 Å². The van der Waals surface area contributed by atoms with E-state index in [1.165, 1.54) is 5.56 Å². The molecule has 0 radical (unpaired) electrons. The number of hydrogen-bond donors (Lipinski definition) is 1. The van der Waals surface area contributed by atoms with Gasteiger partial charge in [-0.1, -0.05) is 6.07 Å². The lowest BCUT2D eigenvalue weighted by Crippen LogP contribution is -2.12. The Bertz CT molecular complexity index is 343. The van der Waals surface area contributed by atoms with E-state index in [9.17, 15) is 4.39 Å². The summed E-state index contributed by atoms with van der Waals surface area (Å²) in [6, 6.07) is 5.44. The summed E-state index contributed by atoms with van der Waals surface area (Å²) in [6.07, 6.45) is 1.15. The fourth-order valence-corrected chi connectivity index (χ4v) is 2.07. The van der Waals surface area contributed by atoms with Gasteiger partial charge < -0.3 is 10.2 Å². The van der Waals surface area contributed by atoms with Crippen molar-refractivity contribution in [2.24, 2.45) is 0 Å². The van der Waals surface area contributed by atoms with Gasteiger partial charge in [0.2, 0.25) is 0 Å². The summed E-state index contributed by atoms with van der Waals surface area (Å²) in [5.41, 5.74) is 1.92. The topological polar surface area (TPSA) is 15.3 Å². The van der Waals surface area contributed by atoms with Crippen molar-refractivity contribution < 1.29 is 4.39 Å². The summed E-state index contributed by atoms with van der Waals surface area (Å²) in [4.78, 5) is 1.82. The Morgan fingerprint density at radius 2 is 2.20 bits per heavy atom. The van der Waals surface area contributed by atoms with Crippen molar-refractivity contribution in [2.45, 2.75) is 12.3 Å². The van der Waals surface area contributed by atoms with E-state index in [-0.39, 0.29) is 5.82 Å². The normalized spacial score (nSPS) is 20.6. The molecule has 1 atom stereocenters. The minimum absolute atomic E-state index is 0.144. The lowest BCUT2D eigenvalue weighted by atomic mass is 9.98. The fourth-order valence-electron chi connectivity index (χ4n) is 2.07. The number of benzene rings is 1. The average molecular weight is 208 g/mol. The minimum Gasteiger partial charge on any atom is -0.375 e. The summed E-state index contributed by atoms with van der Waals surface area (Å²) in [5.74, 6) is 0.402. The van der Waals surface area contributed by atoms with E-state index in [0.29, 0.717) is 11.6 Å². The molecule has 1 aromatic carbocycles. The van der Waals surface area contributed by atoms with E-state index in [1.54, 1.807) is 6.07 Å². The predicted octanol–water partition coefficient (Wildman–Crippen LogP) is 1.97. The van der Waals surface area contributed by atoms with Gasteiger partial charge >= 0.3 is 0 Å². The van der Waals surface area contributed by atoms with Gasteiger partial charge in [-0.15, -0.1) is 0 Å².